The van der Waals surface area contributed by atoms with Crippen molar-refractivity contribution in [3.63, 3.8) is 0 Å². The Morgan fingerprint density at radius 2 is 1.88 bits per heavy atom. The van der Waals surface area contributed by atoms with Gasteiger partial charge in [-0.2, -0.15) is 0 Å². The molecule has 3 fully saturated rings. The molecule has 17 heavy (non-hydrogen) atoms. The van der Waals surface area contributed by atoms with Gasteiger partial charge < -0.3 is 10.2 Å². The Labute approximate surface area is 104 Å². The van der Waals surface area contributed by atoms with Gasteiger partial charge in [-0.3, -0.25) is 0 Å². The van der Waals surface area contributed by atoms with Crippen molar-refractivity contribution in [2.75, 3.05) is 6.61 Å². The highest BCUT2D eigenvalue weighted by molar-refractivity contribution is 5.21. The summed E-state index contributed by atoms with van der Waals surface area (Å²) in [6, 6.07) is 0. The van der Waals surface area contributed by atoms with Crippen LogP contribution < -0.4 is 0 Å². The Balaban J connectivity index is 2.08. The smallest absolute Gasteiger partial charge is 0.0765 e. The zero-order valence-electron chi connectivity index (χ0n) is 11.4. The van der Waals surface area contributed by atoms with Crippen molar-refractivity contribution in [1.82, 2.24) is 0 Å². The summed E-state index contributed by atoms with van der Waals surface area (Å²) in [5, 5.41) is 21.2. The van der Waals surface area contributed by atoms with E-state index in [0.717, 1.165) is 19.3 Å². The zero-order chi connectivity index (χ0) is 12.5. The van der Waals surface area contributed by atoms with E-state index in [1.54, 1.807) is 0 Å². The van der Waals surface area contributed by atoms with Gasteiger partial charge in [-0.05, 0) is 60.7 Å². The summed E-state index contributed by atoms with van der Waals surface area (Å²) < 4.78 is 0. The Kier molecular flexibility index (Phi) is 2.30. The number of hydrogen-bond acceptors (Lipinski definition) is 2. The van der Waals surface area contributed by atoms with Crippen molar-refractivity contribution < 1.29 is 10.2 Å². The van der Waals surface area contributed by atoms with E-state index in [0.29, 0.717) is 17.8 Å². The molecule has 2 heteroatoms. The van der Waals surface area contributed by atoms with Gasteiger partial charge in [0.1, 0.15) is 0 Å². The second-order valence-electron chi connectivity index (χ2n) is 7.63. The molecule has 0 bridgehead atoms. The van der Waals surface area contributed by atoms with Gasteiger partial charge in [-0.15, -0.1) is 0 Å². The lowest BCUT2D eigenvalue weighted by Gasteiger charge is -2.49. The minimum Gasteiger partial charge on any atom is -0.396 e. The molecule has 3 aliphatic rings. The summed E-state index contributed by atoms with van der Waals surface area (Å²) >= 11 is 0. The molecule has 0 amide bonds. The average molecular weight is 238 g/mol. The van der Waals surface area contributed by atoms with E-state index in [1.807, 2.05) is 0 Å². The van der Waals surface area contributed by atoms with Gasteiger partial charge in [-0.1, -0.05) is 20.8 Å². The monoisotopic (exact) mass is 238 g/mol. The molecule has 0 radical (unpaired) electrons. The summed E-state index contributed by atoms with van der Waals surface area (Å²) in [6.07, 6.45) is 5.65. The molecule has 0 aromatic carbocycles. The van der Waals surface area contributed by atoms with Gasteiger partial charge in [-0.25, -0.2) is 0 Å². The third-order valence-electron chi connectivity index (χ3n) is 6.66. The number of aliphatic hydroxyl groups is 2. The molecule has 2 nitrogen and oxygen atoms in total. The highest BCUT2D eigenvalue weighted by atomic mass is 16.3. The van der Waals surface area contributed by atoms with E-state index < -0.39 is 5.60 Å². The summed E-state index contributed by atoms with van der Waals surface area (Å²) in [4.78, 5) is 0. The fraction of sp³-hybridized carbons (Fsp3) is 1.00. The first-order chi connectivity index (χ1) is 7.87. The molecular weight excluding hydrogens is 212 g/mol. The van der Waals surface area contributed by atoms with Crippen LogP contribution in [0.3, 0.4) is 0 Å². The maximum absolute atomic E-state index is 11.4. The molecule has 6 atom stereocenters. The summed E-state index contributed by atoms with van der Waals surface area (Å²) in [7, 11) is 0. The van der Waals surface area contributed by atoms with Crippen LogP contribution in [0.2, 0.25) is 0 Å². The first-order valence-corrected chi connectivity index (χ1v) is 7.21. The SMILES string of the molecule is C[C@@H]1CC[C@H]2[C@](C)(CO)C[C@]3(C)CC[C@@H]1[C@@]23O. The van der Waals surface area contributed by atoms with Crippen LogP contribution >= 0.6 is 0 Å². The van der Waals surface area contributed by atoms with E-state index in [2.05, 4.69) is 20.8 Å². The lowest BCUT2D eigenvalue weighted by Crippen LogP contribution is -2.53. The Hall–Kier alpha value is -0.0800. The second-order valence-corrected chi connectivity index (χ2v) is 7.63. The normalized spacial score (nSPS) is 61.6. The van der Waals surface area contributed by atoms with Crippen molar-refractivity contribution in [3.8, 4) is 0 Å². The molecule has 0 aromatic heterocycles. The van der Waals surface area contributed by atoms with Gasteiger partial charge in [0.05, 0.1) is 5.60 Å². The molecule has 0 aromatic rings. The fourth-order valence-electron chi connectivity index (χ4n) is 5.88. The van der Waals surface area contributed by atoms with Crippen molar-refractivity contribution in [2.45, 2.75) is 58.5 Å². The van der Waals surface area contributed by atoms with Crippen molar-refractivity contribution >= 4 is 0 Å². The molecule has 0 unspecified atom stereocenters. The molecule has 98 valence electrons. The first kappa shape index (κ1) is 12.0. The largest absolute Gasteiger partial charge is 0.396 e. The lowest BCUT2D eigenvalue weighted by molar-refractivity contribution is -0.142. The van der Waals surface area contributed by atoms with Crippen LogP contribution in [0.1, 0.15) is 52.9 Å². The van der Waals surface area contributed by atoms with Crippen LogP contribution in [-0.4, -0.2) is 22.4 Å². The molecule has 0 saturated heterocycles. The third-order valence-corrected chi connectivity index (χ3v) is 6.66. The Bertz CT molecular complexity index is 342. The molecule has 3 saturated carbocycles. The molecule has 3 aliphatic carbocycles. The molecule has 0 aliphatic heterocycles. The minimum atomic E-state index is -0.498. The van der Waals surface area contributed by atoms with Crippen LogP contribution in [0.5, 0.6) is 0 Å². The van der Waals surface area contributed by atoms with Crippen LogP contribution in [0.4, 0.5) is 0 Å². The van der Waals surface area contributed by atoms with E-state index in [-0.39, 0.29) is 17.4 Å². The maximum Gasteiger partial charge on any atom is 0.0765 e. The predicted octanol–water partition coefficient (Wildman–Crippen LogP) is 2.58. The molecular formula is C15H26O2. The highest BCUT2D eigenvalue weighted by Crippen LogP contribution is 2.71. The lowest BCUT2D eigenvalue weighted by atomic mass is 9.60. The van der Waals surface area contributed by atoms with Crippen LogP contribution in [-0.2, 0) is 0 Å². The van der Waals surface area contributed by atoms with Crippen molar-refractivity contribution in [3.05, 3.63) is 0 Å². The van der Waals surface area contributed by atoms with E-state index in [1.165, 1.54) is 12.8 Å². The first-order valence-electron chi connectivity index (χ1n) is 7.21. The Morgan fingerprint density at radius 3 is 2.53 bits per heavy atom. The number of aliphatic hydroxyl groups excluding tert-OH is 1. The number of hydrogen-bond donors (Lipinski definition) is 2. The van der Waals surface area contributed by atoms with Gasteiger partial charge >= 0.3 is 0 Å². The topological polar surface area (TPSA) is 40.5 Å². The second kappa shape index (κ2) is 3.27. The number of rotatable bonds is 1. The van der Waals surface area contributed by atoms with Gasteiger partial charge in [0, 0.05) is 6.61 Å². The van der Waals surface area contributed by atoms with Crippen LogP contribution in [0.15, 0.2) is 0 Å². The highest BCUT2D eigenvalue weighted by Gasteiger charge is 2.71. The summed E-state index contributed by atoms with van der Waals surface area (Å²) in [6.45, 7) is 6.99. The van der Waals surface area contributed by atoms with Crippen molar-refractivity contribution in [1.29, 1.82) is 0 Å². The summed E-state index contributed by atoms with van der Waals surface area (Å²) in [5.74, 6) is 1.44. The van der Waals surface area contributed by atoms with E-state index >= 15 is 0 Å². The Morgan fingerprint density at radius 1 is 1.18 bits per heavy atom. The fourth-order valence-corrected chi connectivity index (χ4v) is 5.88. The predicted molar refractivity (Wildman–Crippen MR) is 67.5 cm³/mol. The third kappa shape index (κ3) is 1.19. The van der Waals surface area contributed by atoms with Crippen LogP contribution in [0.25, 0.3) is 0 Å². The van der Waals surface area contributed by atoms with Gasteiger partial charge in [0.2, 0.25) is 0 Å². The quantitative estimate of drug-likeness (QED) is 0.737. The van der Waals surface area contributed by atoms with Crippen LogP contribution in [0, 0.1) is 28.6 Å². The van der Waals surface area contributed by atoms with Gasteiger partial charge in [0.15, 0.2) is 0 Å². The maximum atomic E-state index is 11.4. The summed E-state index contributed by atoms with van der Waals surface area (Å²) in [5.41, 5.74) is -0.501. The molecule has 0 heterocycles. The zero-order valence-corrected chi connectivity index (χ0v) is 11.4. The molecule has 0 spiro atoms. The van der Waals surface area contributed by atoms with E-state index in [9.17, 15) is 10.2 Å². The molecule has 3 rings (SSSR count). The average Bonchev–Trinajstić information content (AvgIpc) is 2.61. The van der Waals surface area contributed by atoms with Crippen molar-refractivity contribution in [2.24, 2.45) is 28.6 Å². The van der Waals surface area contributed by atoms with Gasteiger partial charge in [0.25, 0.3) is 0 Å². The standard InChI is InChI=1S/C15H26O2/c1-10-4-5-12-13(2,9-16)8-14(3)7-6-11(10)15(12,14)17/h10-12,16-17H,4-9H2,1-3H3/t10-,11+,12+,13+,14+,15-/m1/s1. The minimum absolute atomic E-state index is 0.0501. The molecule has 2 N–H and O–H groups in total. The van der Waals surface area contributed by atoms with E-state index in [4.69, 9.17) is 0 Å².